The number of nitriles is 1. The smallest absolute Gasteiger partial charge is 0.234 e. The molecule has 0 saturated heterocycles. The molecule has 3 aromatic rings. The molecule has 1 N–H and O–H groups in total. The molecule has 1 saturated carbocycles. The fourth-order valence-corrected chi connectivity index (χ4v) is 3.94. The zero-order valence-corrected chi connectivity index (χ0v) is 17.9. The Bertz CT molecular complexity index is 1320. The molecule has 1 amide bonds. The van der Waals surface area contributed by atoms with Crippen molar-refractivity contribution in [2.75, 3.05) is 25.7 Å². The fourth-order valence-electron chi connectivity index (χ4n) is 3.46. The highest BCUT2D eigenvalue weighted by Crippen LogP contribution is 2.47. The average molecular weight is 439 g/mol. The van der Waals surface area contributed by atoms with Crippen molar-refractivity contribution in [3.8, 4) is 23.1 Å². The summed E-state index contributed by atoms with van der Waals surface area (Å²) in [5.74, 6) is 0.471. The van der Waals surface area contributed by atoms with E-state index < -0.39 is 15.3 Å². The Morgan fingerprint density at radius 2 is 2.10 bits per heavy atom. The van der Waals surface area contributed by atoms with Gasteiger partial charge in [0.05, 0.1) is 30.2 Å². The van der Waals surface area contributed by atoms with Crippen LogP contribution in [0.5, 0.6) is 5.75 Å². The maximum atomic E-state index is 12.8. The minimum Gasteiger partial charge on any atom is -0.493 e. The Morgan fingerprint density at radius 3 is 2.74 bits per heavy atom. The molecule has 0 aliphatic heterocycles. The number of amides is 1. The van der Waals surface area contributed by atoms with Crippen molar-refractivity contribution in [1.82, 2.24) is 19.9 Å². The Morgan fingerprint density at radius 1 is 1.32 bits per heavy atom. The number of pyridine rings is 1. The van der Waals surface area contributed by atoms with Crippen LogP contribution in [0.4, 0.5) is 0 Å². The second-order valence-electron chi connectivity index (χ2n) is 7.62. The summed E-state index contributed by atoms with van der Waals surface area (Å²) in [5.41, 5.74) is 1.60. The molecule has 10 heteroatoms. The third kappa shape index (κ3) is 3.96. The number of nitrogens with one attached hydrogen (secondary N) is 1. The van der Waals surface area contributed by atoms with Crippen LogP contribution in [0.3, 0.4) is 0 Å². The van der Waals surface area contributed by atoms with Crippen LogP contribution in [0.1, 0.15) is 24.2 Å². The van der Waals surface area contributed by atoms with Gasteiger partial charge in [-0.2, -0.15) is 5.26 Å². The first-order chi connectivity index (χ1) is 14.8. The van der Waals surface area contributed by atoms with Crippen LogP contribution >= 0.6 is 0 Å². The second-order valence-corrected chi connectivity index (χ2v) is 9.88. The van der Waals surface area contributed by atoms with E-state index in [0.29, 0.717) is 41.3 Å². The fraction of sp³-hybridized carbons (Fsp3) is 0.333. The average Bonchev–Trinajstić information content (AvgIpc) is 3.44. The number of rotatable bonds is 7. The van der Waals surface area contributed by atoms with Crippen molar-refractivity contribution < 1.29 is 17.9 Å². The van der Waals surface area contributed by atoms with E-state index in [1.165, 1.54) is 7.11 Å². The van der Waals surface area contributed by atoms with E-state index in [9.17, 15) is 18.5 Å². The SMILES string of the molecule is COc1ccc(-c2cccc(C#N)c2)n2nc(C3(C(=O)NCCS(C)(=O)=O)CC3)nc12. The number of hydrogen-bond acceptors (Lipinski definition) is 7. The molecule has 1 aliphatic rings. The van der Waals surface area contributed by atoms with Crippen molar-refractivity contribution in [2.24, 2.45) is 0 Å². The van der Waals surface area contributed by atoms with Crippen LogP contribution < -0.4 is 10.1 Å². The van der Waals surface area contributed by atoms with Crippen molar-refractivity contribution in [3.05, 3.63) is 47.8 Å². The number of carbonyl (C=O) groups is 1. The van der Waals surface area contributed by atoms with Gasteiger partial charge in [-0.05, 0) is 37.1 Å². The van der Waals surface area contributed by atoms with E-state index in [1.807, 2.05) is 12.1 Å². The molecule has 2 aromatic heterocycles. The van der Waals surface area contributed by atoms with Crippen LogP contribution in [0.25, 0.3) is 16.9 Å². The molecule has 1 aromatic carbocycles. The molecule has 0 unspecified atom stereocenters. The van der Waals surface area contributed by atoms with E-state index in [-0.39, 0.29) is 18.2 Å². The lowest BCUT2D eigenvalue weighted by Gasteiger charge is -2.11. The molecule has 31 heavy (non-hydrogen) atoms. The maximum absolute atomic E-state index is 12.8. The molecule has 160 valence electrons. The van der Waals surface area contributed by atoms with Gasteiger partial charge in [-0.15, -0.1) is 5.10 Å². The number of methoxy groups -OCH3 is 1. The van der Waals surface area contributed by atoms with Crippen LogP contribution in [0, 0.1) is 11.3 Å². The number of fused-ring (bicyclic) bond motifs is 1. The molecule has 1 aliphatic carbocycles. The quantitative estimate of drug-likeness (QED) is 0.591. The lowest BCUT2D eigenvalue weighted by molar-refractivity contribution is -0.123. The number of nitrogens with zero attached hydrogens (tertiary/aromatic N) is 4. The van der Waals surface area contributed by atoms with Crippen LogP contribution in [-0.2, 0) is 20.0 Å². The van der Waals surface area contributed by atoms with Crippen LogP contribution in [-0.4, -0.2) is 54.6 Å². The Hall–Kier alpha value is -3.45. The van der Waals surface area contributed by atoms with Crippen molar-refractivity contribution >= 4 is 21.4 Å². The summed E-state index contributed by atoms with van der Waals surface area (Å²) in [4.78, 5) is 17.4. The third-order valence-corrected chi connectivity index (χ3v) is 6.27. The first kappa shape index (κ1) is 20.8. The van der Waals surface area contributed by atoms with Crippen molar-refractivity contribution in [1.29, 1.82) is 5.26 Å². The number of carbonyl (C=O) groups excluding carboxylic acids is 1. The first-order valence-corrected chi connectivity index (χ1v) is 11.7. The Labute approximate surface area is 179 Å². The van der Waals surface area contributed by atoms with E-state index in [1.54, 1.807) is 28.8 Å². The Balaban J connectivity index is 1.73. The van der Waals surface area contributed by atoms with Gasteiger partial charge in [-0.1, -0.05) is 12.1 Å². The largest absolute Gasteiger partial charge is 0.493 e. The lowest BCUT2D eigenvalue weighted by atomic mass is 10.1. The number of aromatic nitrogens is 3. The third-order valence-electron chi connectivity index (χ3n) is 5.33. The highest BCUT2D eigenvalue weighted by Gasteiger charge is 2.54. The molecule has 4 rings (SSSR count). The summed E-state index contributed by atoms with van der Waals surface area (Å²) in [6.45, 7) is 0.0440. The number of sulfone groups is 1. The summed E-state index contributed by atoms with van der Waals surface area (Å²) in [7, 11) is -1.64. The van der Waals surface area contributed by atoms with Crippen LogP contribution in [0.15, 0.2) is 36.4 Å². The molecular weight excluding hydrogens is 418 g/mol. The monoisotopic (exact) mass is 439 g/mol. The van der Waals surface area contributed by atoms with Crippen LogP contribution in [0.2, 0.25) is 0 Å². The standard InChI is InChI=1S/C21H21N5O4S/c1-30-17-7-6-16(15-5-3-4-14(12-15)13-22)26-18(17)24-19(25-26)21(8-9-21)20(27)23-10-11-31(2,28)29/h3-7,12H,8-11H2,1-2H3,(H,23,27). The van der Waals surface area contributed by atoms with Gasteiger partial charge in [-0.3, -0.25) is 4.79 Å². The molecular formula is C21H21N5O4S. The zero-order valence-electron chi connectivity index (χ0n) is 17.1. The van der Waals surface area contributed by atoms with E-state index in [0.717, 1.165) is 11.8 Å². The molecule has 0 bridgehead atoms. The Kier molecular flexibility index (Phi) is 5.15. The predicted molar refractivity (Wildman–Crippen MR) is 113 cm³/mol. The van der Waals surface area contributed by atoms with E-state index in [4.69, 9.17) is 4.74 Å². The van der Waals surface area contributed by atoms with Gasteiger partial charge in [-0.25, -0.2) is 17.9 Å². The van der Waals surface area contributed by atoms with Gasteiger partial charge in [0.2, 0.25) is 5.91 Å². The molecule has 2 heterocycles. The molecule has 0 atom stereocenters. The summed E-state index contributed by atoms with van der Waals surface area (Å²) in [6, 6.07) is 12.9. The van der Waals surface area contributed by atoms with Crippen molar-refractivity contribution in [2.45, 2.75) is 18.3 Å². The number of ether oxygens (including phenoxy) is 1. The van der Waals surface area contributed by atoms with Crippen molar-refractivity contribution in [3.63, 3.8) is 0 Å². The van der Waals surface area contributed by atoms with Gasteiger partial charge in [0.1, 0.15) is 15.3 Å². The molecule has 9 nitrogen and oxygen atoms in total. The predicted octanol–water partition coefficient (Wildman–Crippen LogP) is 1.47. The summed E-state index contributed by atoms with van der Waals surface area (Å²) >= 11 is 0. The minimum atomic E-state index is -3.17. The highest BCUT2D eigenvalue weighted by atomic mass is 32.2. The number of benzene rings is 1. The maximum Gasteiger partial charge on any atom is 0.234 e. The van der Waals surface area contributed by atoms with Gasteiger partial charge in [0, 0.05) is 18.4 Å². The van der Waals surface area contributed by atoms with Gasteiger partial charge >= 0.3 is 0 Å². The van der Waals surface area contributed by atoms with E-state index in [2.05, 4.69) is 21.5 Å². The molecule has 0 spiro atoms. The summed E-state index contributed by atoms with van der Waals surface area (Å²) < 4.78 is 29.7. The minimum absolute atomic E-state index is 0.0440. The van der Waals surface area contributed by atoms with Gasteiger partial charge in [0.25, 0.3) is 0 Å². The first-order valence-electron chi connectivity index (χ1n) is 9.68. The van der Waals surface area contributed by atoms with Gasteiger partial charge < -0.3 is 10.1 Å². The normalized spacial score (nSPS) is 14.7. The van der Waals surface area contributed by atoms with E-state index >= 15 is 0 Å². The lowest BCUT2D eigenvalue weighted by Crippen LogP contribution is -2.38. The number of hydrogen-bond donors (Lipinski definition) is 1. The van der Waals surface area contributed by atoms with Gasteiger partial charge in [0.15, 0.2) is 17.2 Å². The summed E-state index contributed by atoms with van der Waals surface area (Å²) in [5, 5.41) is 16.5. The zero-order chi connectivity index (χ0) is 22.2. The highest BCUT2D eigenvalue weighted by molar-refractivity contribution is 7.90. The molecule has 1 fully saturated rings. The molecule has 0 radical (unpaired) electrons. The second kappa shape index (κ2) is 7.67. The topological polar surface area (TPSA) is 126 Å². The summed E-state index contributed by atoms with van der Waals surface area (Å²) in [6.07, 6.45) is 2.29.